The summed E-state index contributed by atoms with van der Waals surface area (Å²) in [5, 5.41) is 2.43. The Balaban J connectivity index is 1.72. The minimum absolute atomic E-state index is 0.0270. The fourth-order valence-electron chi connectivity index (χ4n) is 2.29. The molecule has 5 nitrogen and oxygen atoms in total. The van der Waals surface area contributed by atoms with E-state index in [1.165, 1.54) is 24.3 Å². The Morgan fingerprint density at radius 2 is 1.89 bits per heavy atom. The average molecular weight is 425 g/mol. The van der Waals surface area contributed by atoms with Crippen LogP contribution in [0, 0.1) is 5.82 Å². The number of amides is 3. The first-order valence-electron chi connectivity index (χ1n) is 7.60. The van der Waals surface area contributed by atoms with E-state index < -0.39 is 29.4 Å². The lowest BCUT2D eigenvalue weighted by molar-refractivity contribution is -0.127. The first-order valence-corrected chi connectivity index (χ1v) is 9.17. The van der Waals surface area contributed by atoms with Gasteiger partial charge >= 0.3 is 0 Å². The molecule has 2 aromatic carbocycles. The van der Waals surface area contributed by atoms with Gasteiger partial charge in [0.2, 0.25) is 5.91 Å². The quantitative estimate of drug-likeness (QED) is 0.715. The van der Waals surface area contributed by atoms with Crippen LogP contribution in [-0.4, -0.2) is 28.5 Å². The van der Waals surface area contributed by atoms with E-state index in [1.54, 1.807) is 24.3 Å². The van der Waals surface area contributed by atoms with Crippen LogP contribution in [0.4, 0.5) is 14.9 Å². The van der Waals surface area contributed by atoms with E-state index >= 15 is 0 Å². The van der Waals surface area contributed by atoms with Crippen LogP contribution in [0.2, 0.25) is 10.0 Å². The number of para-hydroxylation sites is 1. The zero-order valence-corrected chi connectivity index (χ0v) is 15.9. The van der Waals surface area contributed by atoms with Gasteiger partial charge in [0.05, 0.1) is 20.6 Å². The van der Waals surface area contributed by atoms with E-state index in [4.69, 9.17) is 23.2 Å². The Bertz CT molecular complexity index is 981. The molecule has 0 bridgehead atoms. The minimum Gasteiger partial charge on any atom is -0.322 e. The molecular formula is C18H11Cl2FN2O3S. The van der Waals surface area contributed by atoms with Crippen molar-refractivity contribution >= 4 is 63.8 Å². The van der Waals surface area contributed by atoms with Crippen LogP contribution in [0.1, 0.15) is 5.56 Å². The summed E-state index contributed by atoms with van der Waals surface area (Å²) in [7, 11) is 0. The summed E-state index contributed by atoms with van der Waals surface area (Å²) in [6.45, 7) is -0.516. The molecule has 0 aromatic heterocycles. The van der Waals surface area contributed by atoms with Gasteiger partial charge in [-0.1, -0.05) is 41.4 Å². The Kier molecular flexibility index (Phi) is 5.84. The van der Waals surface area contributed by atoms with Gasteiger partial charge in [-0.05, 0) is 47.7 Å². The number of carbonyl (C=O) groups is 3. The third kappa shape index (κ3) is 4.50. The summed E-state index contributed by atoms with van der Waals surface area (Å²) in [6.07, 6.45) is 1.49. The van der Waals surface area contributed by atoms with E-state index in [0.29, 0.717) is 27.4 Å². The fourth-order valence-corrected chi connectivity index (χ4v) is 3.43. The lowest BCUT2D eigenvalue weighted by Crippen LogP contribution is -2.36. The number of hydrogen-bond donors (Lipinski definition) is 1. The number of nitrogens with zero attached hydrogens (tertiary/aromatic N) is 1. The van der Waals surface area contributed by atoms with E-state index in [0.717, 1.165) is 4.90 Å². The number of imide groups is 1. The molecule has 1 saturated heterocycles. The molecule has 1 fully saturated rings. The SMILES string of the molecule is O=C(CN1C(=O)SC(=Cc2ccc(Cl)c(Cl)c2)C1=O)Nc1ccccc1F. The van der Waals surface area contributed by atoms with E-state index in [1.807, 2.05) is 0 Å². The fraction of sp³-hybridized carbons (Fsp3) is 0.0556. The highest BCUT2D eigenvalue weighted by Gasteiger charge is 2.36. The molecule has 1 aliphatic heterocycles. The van der Waals surface area contributed by atoms with Crippen LogP contribution in [0.15, 0.2) is 47.4 Å². The van der Waals surface area contributed by atoms with Crippen LogP contribution in [0.25, 0.3) is 6.08 Å². The molecule has 0 radical (unpaired) electrons. The van der Waals surface area contributed by atoms with Gasteiger partial charge in [0, 0.05) is 0 Å². The van der Waals surface area contributed by atoms with E-state index in [-0.39, 0.29) is 10.6 Å². The lowest BCUT2D eigenvalue weighted by atomic mass is 10.2. The van der Waals surface area contributed by atoms with E-state index in [9.17, 15) is 18.8 Å². The molecule has 1 heterocycles. The Labute approximate surface area is 168 Å². The largest absolute Gasteiger partial charge is 0.322 e. The molecule has 0 saturated carbocycles. The molecule has 3 rings (SSSR count). The molecule has 138 valence electrons. The Hall–Kier alpha value is -2.35. The zero-order valence-electron chi connectivity index (χ0n) is 13.5. The van der Waals surface area contributed by atoms with Gasteiger partial charge in [-0.15, -0.1) is 0 Å². The highest BCUT2D eigenvalue weighted by molar-refractivity contribution is 8.18. The standard InChI is InChI=1S/C18H11Cl2FN2O3S/c19-11-6-5-10(7-12(11)20)8-15-17(25)23(18(26)27-15)9-16(24)22-14-4-2-1-3-13(14)21/h1-8H,9H2,(H,22,24). The summed E-state index contributed by atoms with van der Waals surface area (Å²) in [5.74, 6) is -1.91. The van der Waals surface area contributed by atoms with Crippen molar-refractivity contribution in [2.24, 2.45) is 0 Å². The van der Waals surface area contributed by atoms with Gasteiger partial charge in [0.25, 0.3) is 11.1 Å². The van der Waals surface area contributed by atoms with Gasteiger partial charge in [-0.25, -0.2) is 4.39 Å². The first kappa shape index (κ1) is 19.4. The van der Waals surface area contributed by atoms with Gasteiger partial charge in [-0.3, -0.25) is 19.3 Å². The molecule has 0 aliphatic carbocycles. The number of hydrogen-bond acceptors (Lipinski definition) is 4. The predicted octanol–water partition coefficient (Wildman–Crippen LogP) is 4.81. The molecule has 1 N–H and O–H groups in total. The third-order valence-electron chi connectivity index (χ3n) is 3.56. The average Bonchev–Trinajstić information content (AvgIpc) is 2.88. The topological polar surface area (TPSA) is 66.5 Å². The van der Waals surface area contributed by atoms with Crippen molar-refractivity contribution in [3.8, 4) is 0 Å². The van der Waals surface area contributed by atoms with Crippen molar-refractivity contribution in [2.45, 2.75) is 0 Å². The molecule has 0 unspecified atom stereocenters. The number of benzene rings is 2. The van der Waals surface area contributed by atoms with Crippen molar-refractivity contribution in [1.82, 2.24) is 4.90 Å². The molecule has 27 heavy (non-hydrogen) atoms. The summed E-state index contributed by atoms with van der Waals surface area (Å²) < 4.78 is 13.6. The second-order valence-electron chi connectivity index (χ2n) is 5.47. The second-order valence-corrected chi connectivity index (χ2v) is 7.28. The van der Waals surface area contributed by atoms with Gasteiger partial charge < -0.3 is 5.32 Å². The lowest BCUT2D eigenvalue weighted by Gasteiger charge is -2.12. The molecule has 1 aliphatic rings. The molecule has 2 aromatic rings. The first-order chi connectivity index (χ1) is 12.8. The van der Waals surface area contributed by atoms with Gasteiger partial charge in [0.1, 0.15) is 12.4 Å². The Morgan fingerprint density at radius 1 is 1.15 bits per heavy atom. The molecular weight excluding hydrogens is 414 g/mol. The van der Waals surface area contributed by atoms with Crippen LogP contribution >= 0.6 is 35.0 Å². The van der Waals surface area contributed by atoms with Crippen molar-refractivity contribution in [3.05, 3.63) is 68.8 Å². The predicted molar refractivity (Wildman–Crippen MR) is 104 cm³/mol. The summed E-state index contributed by atoms with van der Waals surface area (Å²) >= 11 is 12.5. The Morgan fingerprint density at radius 3 is 2.59 bits per heavy atom. The molecule has 0 spiro atoms. The van der Waals surface area contributed by atoms with Crippen molar-refractivity contribution in [1.29, 1.82) is 0 Å². The van der Waals surface area contributed by atoms with Gasteiger partial charge in [-0.2, -0.15) is 0 Å². The minimum atomic E-state index is -0.682. The number of carbonyl (C=O) groups excluding carboxylic acids is 3. The summed E-state index contributed by atoms with van der Waals surface area (Å²) in [5.41, 5.74) is 0.562. The summed E-state index contributed by atoms with van der Waals surface area (Å²) in [6, 6.07) is 10.4. The van der Waals surface area contributed by atoms with E-state index in [2.05, 4.69) is 5.32 Å². The molecule has 3 amide bonds. The number of halogens is 3. The van der Waals surface area contributed by atoms with Crippen LogP contribution in [0.3, 0.4) is 0 Å². The van der Waals surface area contributed by atoms with Gasteiger partial charge in [0.15, 0.2) is 0 Å². The second kappa shape index (κ2) is 8.12. The zero-order chi connectivity index (χ0) is 19.6. The third-order valence-corrected chi connectivity index (χ3v) is 5.21. The molecule has 9 heteroatoms. The van der Waals surface area contributed by atoms with Crippen LogP contribution in [0.5, 0.6) is 0 Å². The van der Waals surface area contributed by atoms with Crippen molar-refractivity contribution in [2.75, 3.05) is 11.9 Å². The number of thioether (sulfide) groups is 1. The normalized spacial score (nSPS) is 15.5. The smallest absolute Gasteiger partial charge is 0.294 e. The number of rotatable bonds is 4. The van der Waals surface area contributed by atoms with Crippen molar-refractivity contribution < 1.29 is 18.8 Å². The number of nitrogens with one attached hydrogen (secondary N) is 1. The summed E-state index contributed by atoms with van der Waals surface area (Å²) in [4.78, 5) is 37.5. The maximum atomic E-state index is 13.6. The highest BCUT2D eigenvalue weighted by Crippen LogP contribution is 2.33. The maximum Gasteiger partial charge on any atom is 0.294 e. The molecule has 0 atom stereocenters. The monoisotopic (exact) mass is 424 g/mol. The van der Waals surface area contributed by atoms with Crippen molar-refractivity contribution in [3.63, 3.8) is 0 Å². The maximum absolute atomic E-state index is 13.6. The highest BCUT2D eigenvalue weighted by atomic mass is 35.5. The number of anilines is 1. The van der Waals surface area contributed by atoms with Crippen LogP contribution in [-0.2, 0) is 9.59 Å². The van der Waals surface area contributed by atoms with Crippen LogP contribution < -0.4 is 5.32 Å².